The van der Waals surface area contributed by atoms with Crippen molar-refractivity contribution in [3.05, 3.63) is 52.0 Å². The van der Waals surface area contributed by atoms with Gasteiger partial charge in [-0.2, -0.15) is 0 Å². The standard InChI is InChI=1S/C23H29BrN2O6S/c1-30-20-9-6-18(21(31-2)22(20)32-3)14-25-23(27)17-10-12-26(13-11-17)33(28,29)15-16-4-7-19(24)8-5-16/h4-9,17H,10-15H2,1-3H3,(H,25,27). The van der Waals surface area contributed by atoms with Gasteiger partial charge in [0.15, 0.2) is 11.5 Å². The van der Waals surface area contributed by atoms with E-state index in [1.807, 2.05) is 18.2 Å². The van der Waals surface area contributed by atoms with Crippen molar-refractivity contribution in [2.45, 2.75) is 25.1 Å². The number of benzene rings is 2. The third-order valence-corrected chi connectivity index (χ3v) is 8.10. The minimum absolute atomic E-state index is 0.0454. The van der Waals surface area contributed by atoms with Gasteiger partial charge in [-0.1, -0.05) is 28.1 Å². The lowest BCUT2D eigenvalue weighted by Crippen LogP contribution is -2.43. The quantitative estimate of drug-likeness (QED) is 0.524. The van der Waals surface area contributed by atoms with Crippen LogP contribution in [0.1, 0.15) is 24.0 Å². The summed E-state index contributed by atoms with van der Waals surface area (Å²) >= 11 is 3.35. The average Bonchev–Trinajstić information content (AvgIpc) is 2.83. The van der Waals surface area contributed by atoms with Crippen LogP contribution < -0.4 is 19.5 Å². The maximum atomic E-state index is 12.8. The van der Waals surface area contributed by atoms with Crippen molar-refractivity contribution >= 4 is 31.9 Å². The predicted octanol–water partition coefficient (Wildman–Crippen LogP) is 3.33. The number of ether oxygens (including phenoxy) is 3. The maximum absolute atomic E-state index is 12.8. The first-order chi connectivity index (χ1) is 15.8. The Hall–Kier alpha value is -2.30. The number of carbonyl (C=O) groups excluding carboxylic acids is 1. The monoisotopic (exact) mass is 540 g/mol. The summed E-state index contributed by atoms with van der Waals surface area (Å²) in [6.07, 6.45) is 0.961. The number of halogens is 1. The number of nitrogens with one attached hydrogen (secondary N) is 1. The Morgan fingerprint density at radius 2 is 1.64 bits per heavy atom. The van der Waals surface area contributed by atoms with E-state index in [0.717, 1.165) is 15.6 Å². The molecule has 0 aliphatic carbocycles. The molecule has 0 saturated carbocycles. The first-order valence-electron chi connectivity index (χ1n) is 10.6. The van der Waals surface area contributed by atoms with Gasteiger partial charge >= 0.3 is 0 Å². The van der Waals surface area contributed by atoms with Crippen LogP contribution in [-0.4, -0.2) is 53.0 Å². The smallest absolute Gasteiger partial charge is 0.223 e. The highest BCUT2D eigenvalue weighted by molar-refractivity contribution is 9.10. The lowest BCUT2D eigenvalue weighted by atomic mass is 9.97. The van der Waals surface area contributed by atoms with Crippen LogP contribution in [0.5, 0.6) is 17.2 Å². The molecule has 1 aliphatic heterocycles. The van der Waals surface area contributed by atoms with Crippen molar-refractivity contribution in [1.29, 1.82) is 0 Å². The number of amides is 1. The summed E-state index contributed by atoms with van der Waals surface area (Å²) in [4.78, 5) is 12.7. The Balaban J connectivity index is 1.56. The average molecular weight is 541 g/mol. The zero-order valence-corrected chi connectivity index (χ0v) is 21.4. The first kappa shape index (κ1) is 25.3. The molecule has 0 radical (unpaired) electrons. The second-order valence-electron chi connectivity index (χ2n) is 7.77. The molecule has 3 rings (SSSR count). The molecule has 0 bridgehead atoms. The number of hydrogen-bond acceptors (Lipinski definition) is 6. The molecule has 0 aromatic heterocycles. The largest absolute Gasteiger partial charge is 0.493 e. The highest BCUT2D eigenvalue weighted by Gasteiger charge is 2.31. The number of sulfonamides is 1. The second kappa shape index (κ2) is 11.2. The molecule has 2 aromatic carbocycles. The first-order valence-corrected chi connectivity index (χ1v) is 13.0. The third kappa shape index (κ3) is 6.18. The van der Waals surface area contributed by atoms with Crippen LogP contribution in [0.2, 0.25) is 0 Å². The number of nitrogens with zero attached hydrogens (tertiary/aromatic N) is 1. The van der Waals surface area contributed by atoms with Gasteiger partial charge in [-0.25, -0.2) is 12.7 Å². The van der Waals surface area contributed by atoms with Crippen LogP contribution in [0.3, 0.4) is 0 Å². The Morgan fingerprint density at radius 3 is 2.21 bits per heavy atom. The highest BCUT2D eigenvalue weighted by Crippen LogP contribution is 2.39. The van der Waals surface area contributed by atoms with Gasteiger partial charge in [0.2, 0.25) is 21.7 Å². The van der Waals surface area contributed by atoms with Gasteiger partial charge in [-0.15, -0.1) is 0 Å². The Morgan fingerprint density at radius 1 is 1.00 bits per heavy atom. The van der Waals surface area contributed by atoms with Crippen LogP contribution in [0.25, 0.3) is 0 Å². The molecule has 1 amide bonds. The number of rotatable bonds is 9. The lowest BCUT2D eigenvalue weighted by Gasteiger charge is -2.30. The molecule has 1 saturated heterocycles. The minimum Gasteiger partial charge on any atom is -0.493 e. The molecule has 0 unspecified atom stereocenters. The minimum atomic E-state index is -3.43. The van der Waals surface area contributed by atoms with E-state index in [4.69, 9.17) is 14.2 Å². The van der Waals surface area contributed by atoms with Crippen molar-refractivity contribution < 1.29 is 27.4 Å². The number of carbonyl (C=O) groups is 1. The van der Waals surface area contributed by atoms with Crippen LogP contribution in [0.4, 0.5) is 0 Å². The number of piperidine rings is 1. The highest BCUT2D eigenvalue weighted by atomic mass is 79.9. The summed E-state index contributed by atoms with van der Waals surface area (Å²) < 4.78 is 44.1. The van der Waals surface area contributed by atoms with Crippen molar-refractivity contribution in [2.24, 2.45) is 5.92 Å². The molecule has 8 nitrogen and oxygen atoms in total. The molecule has 0 atom stereocenters. The molecule has 1 fully saturated rings. The van der Waals surface area contributed by atoms with Gasteiger partial charge in [-0.05, 0) is 42.7 Å². The van der Waals surface area contributed by atoms with E-state index in [-0.39, 0.29) is 24.1 Å². The summed E-state index contributed by atoms with van der Waals surface area (Å²) in [6, 6.07) is 10.8. The van der Waals surface area contributed by atoms with Gasteiger partial charge in [0, 0.05) is 35.6 Å². The fourth-order valence-corrected chi connectivity index (χ4v) is 5.74. The lowest BCUT2D eigenvalue weighted by molar-refractivity contribution is -0.126. The van der Waals surface area contributed by atoms with Gasteiger partial charge in [-0.3, -0.25) is 4.79 Å². The summed E-state index contributed by atoms with van der Waals surface area (Å²) in [7, 11) is 1.18. The number of methoxy groups -OCH3 is 3. The van der Waals surface area contributed by atoms with E-state index >= 15 is 0 Å². The Labute approximate surface area is 203 Å². The molecular weight excluding hydrogens is 512 g/mol. The number of hydrogen-bond donors (Lipinski definition) is 1. The normalized spacial score (nSPS) is 15.2. The fourth-order valence-electron chi connectivity index (χ4n) is 3.91. The van der Waals surface area contributed by atoms with E-state index in [0.29, 0.717) is 43.2 Å². The summed E-state index contributed by atoms with van der Waals surface area (Å²) in [5, 5.41) is 2.94. The van der Waals surface area contributed by atoms with Gasteiger partial charge in [0.25, 0.3) is 0 Å². The zero-order chi connectivity index (χ0) is 24.0. The maximum Gasteiger partial charge on any atom is 0.223 e. The van der Waals surface area contributed by atoms with E-state index in [9.17, 15) is 13.2 Å². The summed E-state index contributed by atoms with van der Waals surface area (Å²) in [5.74, 6) is 1.13. The van der Waals surface area contributed by atoms with Crippen LogP contribution >= 0.6 is 15.9 Å². The zero-order valence-electron chi connectivity index (χ0n) is 19.0. The van der Waals surface area contributed by atoms with Crippen molar-refractivity contribution in [2.75, 3.05) is 34.4 Å². The van der Waals surface area contributed by atoms with E-state index < -0.39 is 10.0 Å². The van der Waals surface area contributed by atoms with E-state index in [2.05, 4.69) is 21.2 Å². The van der Waals surface area contributed by atoms with Crippen molar-refractivity contribution in [3.8, 4) is 17.2 Å². The van der Waals surface area contributed by atoms with E-state index in [1.54, 1.807) is 25.3 Å². The fraction of sp³-hybridized carbons (Fsp3) is 0.435. The topological polar surface area (TPSA) is 94.2 Å². The van der Waals surface area contributed by atoms with Gasteiger partial charge in [0.05, 0.1) is 27.1 Å². The van der Waals surface area contributed by atoms with E-state index in [1.165, 1.54) is 18.5 Å². The molecule has 33 heavy (non-hydrogen) atoms. The summed E-state index contributed by atoms with van der Waals surface area (Å²) in [6.45, 7) is 0.928. The molecule has 1 aliphatic rings. The predicted molar refractivity (Wildman–Crippen MR) is 129 cm³/mol. The van der Waals surface area contributed by atoms with Crippen LogP contribution in [0.15, 0.2) is 40.9 Å². The molecule has 0 spiro atoms. The molecule has 10 heteroatoms. The Kier molecular flexibility index (Phi) is 8.61. The molecule has 2 aromatic rings. The second-order valence-corrected chi connectivity index (χ2v) is 10.7. The Bertz CT molecular complexity index is 1070. The van der Waals surface area contributed by atoms with Crippen molar-refractivity contribution in [1.82, 2.24) is 9.62 Å². The third-order valence-electron chi connectivity index (χ3n) is 5.72. The SMILES string of the molecule is COc1ccc(CNC(=O)C2CCN(S(=O)(=O)Cc3ccc(Br)cc3)CC2)c(OC)c1OC. The molecule has 1 N–H and O–H groups in total. The van der Waals surface area contributed by atoms with Crippen molar-refractivity contribution in [3.63, 3.8) is 0 Å². The van der Waals surface area contributed by atoms with Crippen LogP contribution in [-0.2, 0) is 27.1 Å². The molecular formula is C23H29BrN2O6S. The molecule has 180 valence electrons. The van der Waals surface area contributed by atoms with Gasteiger partial charge in [0.1, 0.15) is 0 Å². The molecule has 1 heterocycles. The van der Waals surface area contributed by atoms with Gasteiger partial charge < -0.3 is 19.5 Å². The van der Waals surface area contributed by atoms with Crippen LogP contribution in [0, 0.1) is 5.92 Å². The summed E-state index contributed by atoms with van der Waals surface area (Å²) in [5.41, 5.74) is 1.50.